The van der Waals surface area contributed by atoms with Gasteiger partial charge in [-0.25, -0.2) is 11.6 Å². The van der Waals surface area contributed by atoms with Gasteiger partial charge in [0.15, 0.2) is 0 Å². The maximum atomic E-state index is 7.11. The van der Waals surface area contributed by atoms with Gasteiger partial charge in [-0.2, -0.15) is 10.1 Å². The summed E-state index contributed by atoms with van der Waals surface area (Å²) >= 11 is 6.29. The van der Waals surface area contributed by atoms with Gasteiger partial charge in [0.1, 0.15) is 5.02 Å². The molecule has 2 aromatic rings. The molecule has 0 bridgehead atoms. The summed E-state index contributed by atoms with van der Waals surface area (Å²) < 4.78 is 7.95. The van der Waals surface area contributed by atoms with Gasteiger partial charge >= 0.3 is 0 Å². The molecule has 0 aromatic carbocycles. The number of ether oxygens (including phenoxy) is 1. The van der Waals surface area contributed by atoms with E-state index in [2.05, 4.69) is 32.2 Å². The van der Waals surface area contributed by atoms with Crippen LogP contribution in [0.4, 0.5) is 11.6 Å². The van der Waals surface area contributed by atoms with E-state index in [0.717, 1.165) is 30.1 Å². The summed E-state index contributed by atoms with van der Waals surface area (Å²) in [4.78, 5) is 12.4. The van der Waals surface area contributed by atoms with Crippen LogP contribution in [0.5, 0.6) is 5.88 Å². The monoisotopic (exact) mass is 442 g/mol. The molecule has 0 unspecified atom stereocenters. The number of anilines is 2. The number of hydrogen-bond donors (Lipinski definition) is 1. The Bertz CT molecular complexity index is 925. The molecule has 166 valence electrons. The van der Waals surface area contributed by atoms with Crippen LogP contribution in [0.3, 0.4) is 0 Å². The maximum absolute atomic E-state index is 7.11. The Morgan fingerprint density at radius 2 is 2.00 bits per heavy atom. The van der Waals surface area contributed by atoms with Crippen molar-refractivity contribution in [2.45, 2.75) is 77.3 Å². The molecule has 2 saturated carbocycles. The van der Waals surface area contributed by atoms with E-state index < -0.39 is 0 Å². The summed E-state index contributed by atoms with van der Waals surface area (Å²) in [5.41, 5.74) is 1.73. The molecular weight excluding hydrogens is 412 g/mol. The van der Waals surface area contributed by atoms with Crippen molar-refractivity contribution in [3.05, 3.63) is 34.5 Å². The molecule has 0 amide bonds. The van der Waals surface area contributed by atoms with Crippen LogP contribution in [0, 0.1) is 25.3 Å². The number of rotatable bonds is 8. The Morgan fingerprint density at radius 1 is 1.26 bits per heavy atom. The number of aryl methyl sites for hydroxylation is 1. The summed E-state index contributed by atoms with van der Waals surface area (Å²) in [6.45, 7) is 12.0. The smallest absolute Gasteiger partial charge is 0.237 e. The fourth-order valence-electron chi connectivity index (χ4n) is 4.60. The highest BCUT2D eigenvalue weighted by Crippen LogP contribution is 2.36. The highest BCUT2D eigenvalue weighted by Gasteiger charge is 2.36. The number of aromatic nitrogens is 4. The summed E-state index contributed by atoms with van der Waals surface area (Å²) in [5, 5.41) is 8.26. The standard InChI is InChI=1S/C23H31ClN6O/c1-4-5-16-6-8-17(9-7-16)14-31-22-20(24)12-26-23(28-22)27-21-13-30(29-15(21)2)19-10-18(11-19)25-3/h12-13,16-19H,4-11,14H2,1-2H3,(H,26,27,28). The van der Waals surface area contributed by atoms with Crippen LogP contribution < -0.4 is 10.1 Å². The van der Waals surface area contributed by atoms with Gasteiger partial charge in [0, 0.05) is 19.0 Å². The predicted octanol–water partition coefficient (Wildman–Crippen LogP) is 5.99. The molecule has 0 aliphatic heterocycles. The molecule has 2 heterocycles. The van der Waals surface area contributed by atoms with Crippen LogP contribution in [0.2, 0.25) is 5.02 Å². The zero-order valence-electron chi connectivity index (χ0n) is 18.4. The lowest BCUT2D eigenvalue weighted by Gasteiger charge is -2.28. The first-order chi connectivity index (χ1) is 15.1. The zero-order valence-corrected chi connectivity index (χ0v) is 19.1. The lowest BCUT2D eigenvalue weighted by Crippen LogP contribution is -2.29. The Morgan fingerprint density at radius 3 is 2.71 bits per heavy atom. The van der Waals surface area contributed by atoms with Gasteiger partial charge in [-0.3, -0.25) is 4.68 Å². The molecule has 8 heteroatoms. The van der Waals surface area contributed by atoms with E-state index in [-0.39, 0.29) is 6.04 Å². The summed E-state index contributed by atoms with van der Waals surface area (Å²) in [6, 6.07) is 0.428. The van der Waals surface area contributed by atoms with Crippen LogP contribution in [0.25, 0.3) is 4.85 Å². The topological polar surface area (TPSA) is 69.2 Å². The van der Waals surface area contributed by atoms with Crippen molar-refractivity contribution in [3.63, 3.8) is 0 Å². The number of hydrogen-bond acceptors (Lipinski definition) is 5. The largest absolute Gasteiger partial charge is 0.476 e. The van der Waals surface area contributed by atoms with E-state index in [1.165, 1.54) is 38.5 Å². The van der Waals surface area contributed by atoms with E-state index in [1.807, 2.05) is 17.8 Å². The first-order valence-corrected chi connectivity index (χ1v) is 11.8. The molecule has 0 saturated heterocycles. The van der Waals surface area contributed by atoms with Gasteiger partial charge in [-0.15, -0.1) is 0 Å². The van der Waals surface area contributed by atoms with E-state index in [9.17, 15) is 0 Å². The third kappa shape index (κ3) is 5.30. The minimum Gasteiger partial charge on any atom is -0.476 e. The van der Waals surface area contributed by atoms with E-state index in [4.69, 9.17) is 22.9 Å². The quantitative estimate of drug-likeness (QED) is 0.508. The SMILES string of the molecule is [C-]#[N+]C1CC(n2cc(Nc3ncc(Cl)c(OCC4CCC(CCC)CC4)n3)c(C)n2)C1. The van der Waals surface area contributed by atoms with Crippen molar-refractivity contribution in [1.82, 2.24) is 19.7 Å². The van der Waals surface area contributed by atoms with Crippen LogP contribution in [-0.4, -0.2) is 32.4 Å². The maximum Gasteiger partial charge on any atom is 0.237 e. The fraction of sp³-hybridized carbons (Fsp3) is 0.652. The Hall–Kier alpha value is -2.33. The molecule has 2 fully saturated rings. The molecule has 1 N–H and O–H groups in total. The molecule has 2 aliphatic carbocycles. The van der Waals surface area contributed by atoms with Gasteiger partial charge in [0.05, 0.1) is 30.2 Å². The second kappa shape index (κ2) is 9.86. The first-order valence-electron chi connectivity index (χ1n) is 11.4. The second-order valence-corrected chi connectivity index (χ2v) is 9.38. The van der Waals surface area contributed by atoms with Gasteiger partial charge in [-0.05, 0) is 31.6 Å². The zero-order chi connectivity index (χ0) is 21.8. The van der Waals surface area contributed by atoms with E-state index in [0.29, 0.717) is 35.4 Å². The van der Waals surface area contributed by atoms with Crippen LogP contribution in [-0.2, 0) is 0 Å². The Kier molecular flexibility index (Phi) is 6.96. The molecule has 4 rings (SSSR count). The van der Waals surface area contributed by atoms with Crippen LogP contribution in [0.1, 0.15) is 70.0 Å². The molecular formula is C23H31ClN6O. The Balaban J connectivity index is 1.34. The lowest BCUT2D eigenvalue weighted by molar-refractivity contribution is 0.174. The van der Waals surface area contributed by atoms with Gasteiger partial charge < -0.3 is 14.9 Å². The third-order valence-electron chi connectivity index (χ3n) is 6.64. The van der Waals surface area contributed by atoms with E-state index in [1.54, 1.807) is 6.20 Å². The molecule has 0 radical (unpaired) electrons. The molecule has 2 aliphatic rings. The fourth-order valence-corrected chi connectivity index (χ4v) is 4.74. The molecule has 7 nitrogen and oxygen atoms in total. The first kappa shape index (κ1) is 21.9. The average Bonchev–Trinajstić information content (AvgIpc) is 3.08. The van der Waals surface area contributed by atoms with Crippen LogP contribution in [0.15, 0.2) is 12.4 Å². The van der Waals surface area contributed by atoms with Crippen molar-refractivity contribution < 1.29 is 4.74 Å². The molecule has 0 atom stereocenters. The van der Waals surface area contributed by atoms with Gasteiger partial charge in [-0.1, -0.05) is 44.2 Å². The summed E-state index contributed by atoms with van der Waals surface area (Å²) in [7, 11) is 0. The predicted molar refractivity (Wildman–Crippen MR) is 122 cm³/mol. The minimum absolute atomic E-state index is 0.131. The molecule has 2 aromatic heterocycles. The van der Waals surface area contributed by atoms with Gasteiger partial charge in [0.2, 0.25) is 17.9 Å². The van der Waals surface area contributed by atoms with Gasteiger partial charge in [0.25, 0.3) is 0 Å². The average molecular weight is 443 g/mol. The minimum atomic E-state index is 0.131. The highest BCUT2D eigenvalue weighted by molar-refractivity contribution is 6.31. The number of halogens is 1. The summed E-state index contributed by atoms with van der Waals surface area (Å²) in [6.07, 6.45) is 12.9. The summed E-state index contributed by atoms with van der Waals surface area (Å²) in [5.74, 6) is 2.33. The van der Waals surface area contributed by atoms with E-state index >= 15 is 0 Å². The molecule has 0 spiro atoms. The molecule has 31 heavy (non-hydrogen) atoms. The second-order valence-electron chi connectivity index (χ2n) is 8.97. The number of nitrogens with zero attached hydrogens (tertiary/aromatic N) is 5. The Labute approximate surface area is 189 Å². The van der Waals surface area contributed by atoms with Crippen molar-refractivity contribution in [3.8, 4) is 5.88 Å². The van der Waals surface area contributed by atoms with Crippen molar-refractivity contribution in [1.29, 1.82) is 0 Å². The third-order valence-corrected chi connectivity index (χ3v) is 6.90. The van der Waals surface area contributed by atoms with Crippen LogP contribution >= 0.6 is 11.6 Å². The lowest BCUT2D eigenvalue weighted by atomic mass is 9.80. The number of nitrogens with one attached hydrogen (secondary N) is 1. The van der Waals surface area contributed by atoms with Crippen molar-refractivity contribution in [2.24, 2.45) is 11.8 Å². The van der Waals surface area contributed by atoms with Crippen molar-refractivity contribution >= 4 is 23.2 Å². The van der Waals surface area contributed by atoms with Crippen molar-refractivity contribution in [2.75, 3.05) is 11.9 Å². The normalized spacial score (nSPS) is 25.5. The highest BCUT2D eigenvalue weighted by atomic mass is 35.5.